The van der Waals surface area contributed by atoms with Crippen molar-refractivity contribution in [3.05, 3.63) is 66.4 Å². The molecule has 1 amide bonds. The Morgan fingerprint density at radius 1 is 1.09 bits per heavy atom. The summed E-state index contributed by atoms with van der Waals surface area (Å²) in [5, 5.41) is 16.5. The van der Waals surface area contributed by atoms with Gasteiger partial charge in [0.15, 0.2) is 11.0 Å². The lowest BCUT2D eigenvalue weighted by Crippen LogP contribution is -2.25. The number of carbonyl (C=O) groups excluding carboxylic acids is 1. The van der Waals surface area contributed by atoms with Crippen molar-refractivity contribution >= 4 is 23.5 Å². The summed E-state index contributed by atoms with van der Waals surface area (Å²) in [6.07, 6.45) is 1.68. The van der Waals surface area contributed by atoms with Crippen LogP contribution in [0.2, 0.25) is 0 Å². The second kappa shape index (κ2) is 10.8. The van der Waals surface area contributed by atoms with Crippen molar-refractivity contribution in [1.29, 1.82) is 0 Å². The maximum Gasteiger partial charge on any atom is 0.238 e. The van der Waals surface area contributed by atoms with Gasteiger partial charge in [-0.3, -0.25) is 9.36 Å². The Hall–Kier alpha value is -3.59. The highest BCUT2D eigenvalue weighted by Gasteiger charge is 2.23. The molecule has 4 rings (SSSR count). The van der Waals surface area contributed by atoms with Gasteiger partial charge in [-0.2, -0.15) is 5.10 Å². The predicted molar refractivity (Wildman–Crippen MR) is 139 cm³/mol. The van der Waals surface area contributed by atoms with Gasteiger partial charge >= 0.3 is 0 Å². The first-order valence-corrected chi connectivity index (χ1v) is 12.5. The number of rotatable bonds is 9. The Labute approximate surface area is 209 Å². The van der Waals surface area contributed by atoms with E-state index in [1.54, 1.807) is 16.9 Å². The van der Waals surface area contributed by atoms with E-state index in [-0.39, 0.29) is 11.9 Å². The van der Waals surface area contributed by atoms with Crippen LogP contribution in [0.1, 0.15) is 39.3 Å². The molecule has 2 aromatic carbocycles. The van der Waals surface area contributed by atoms with E-state index in [1.807, 2.05) is 81.7 Å². The van der Waals surface area contributed by atoms with Gasteiger partial charge in [0.1, 0.15) is 11.6 Å². The summed E-state index contributed by atoms with van der Waals surface area (Å²) in [6.45, 7) is 10.5. The fraction of sp³-hybridized carbons (Fsp3) is 0.308. The van der Waals surface area contributed by atoms with E-state index < -0.39 is 5.25 Å². The standard InChI is InChI=1S/C26H30N6O2S/c1-6-34-22-12-10-21(11-13-22)31-24(20-9-7-8-18(4)16-20)29-30-26(31)35-19(5)25(33)28-23-14-15-27-32(23)17(2)3/h7-17,19H,6H2,1-5H3,(H,28,33). The van der Waals surface area contributed by atoms with Crippen molar-refractivity contribution < 1.29 is 9.53 Å². The predicted octanol–water partition coefficient (Wildman–Crippen LogP) is 5.54. The second-order valence-corrected chi connectivity index (χ2v) is 9.75. The molecule has 1 atom stereocenters. The molecule has 0 radical (unpaired) electrons. The van der Waals surface area contributed by atoms with E-state index in [9.17, 15) is 4.79 Å². The third-order valence-electron chi connectivity index (χ3n) is 5.38. The van der Waals surface area contributed by atoms with E-state index >= 15 is 0 Å². The Balaban J connectivity index is 1.65. The van der Waals surface area contributed by atoms with Crippen LogP contribution in [0.3, 0.4) is 0 Å². The zero-order valence-electron chi connectivity index (χ0n) is 20.6. The molecule has 9 heteroatoms. The lowest BCUT2D eigenvalue weighted by molar-refractivity contribution is -0.115. The monoisotopic (exact) mass is 490 g/mol. The van der Waals surface area contributed by atoms with E-state index in [0.717, 1.165) is 22.6 Å². The Kier molecular flexibility index (Phi) is 7.55. The minimum absolute atomic E-state index is 0.129. The summed E-state index contributed by atoms with van der Waals surface area (Å²) in [5.74, 6) is 2.05. The maximum atomic E-state index is 13.0. The number of nitrogens with one attached hydrogen (secondary N) is 1. The molecule has 0 saturated heterocycles. The van der Waals surface area contributed by atoms with Gasteiger partial charge in [0, 0.05) is 23.4 Å². The third kappa shape index (κ3) is 5.57. The highest BCUT2D eigenvalue weighted by Crippen LogP contribution is 2.31. The molecule has 1 unspecified atom stereocenters. The largest absolute Gasteiger partial charge is 0.494 e. The molecular formula is C26H30N6O2S. The number of thioether (sulfide) groups is 1. The van der Waals surface area contributed by atoms with Crippen LogP contribution in [-0.2, 0) is 4.79 Å². The number of nitrogens with zero attached hydrogens (tertiary/aromatic N) is 5. The molecule has 2 aromatic heterocycles. The van der Waals surface area contributed by atoms with Crippen molar-refractivity contribution in [1.82, 2.24) is 24.5 Å². The second-order valence-electron chi connectivity index (χ2n) is 8.44. The number of anilines is 1. The van der Waals surface area contributed by atoms with Gasteiger partial charge in [0.2, 0.25) is 5.91 Å². The molecular weight excluding hydrogens is 460 g/mol. The van der Waals surface area contributed by atoms with Crippen molar-refractivity contribution in [3.8, 4) is 22.8 Å². The van der Waals surface area contributed by atoms with Gasteiger partial charge in [-0.15, -0.1) is 10.2 Å². The average molecular weight is 491 g/mol. The van der Waals surface area contributed by atoms with Crippen LogP contribution in [0.25, 0.3) is 17.1 Å². The van der Waals surface area contributed by atoms with Crippen molar-refractivity contribution in [2.24, 2.45) is 0 Å². The molecule has 8 nitrogen and oxygen atoms in total. The van der Waals surface area contributed by atoms with E-state index in [0.29, 0.717) is 23.4 Å². The number of benzene rings is 2. The zero-order valence-corrected chi connectivity index (χ0v) is 21.4. The number of hydrogen-bond donors (Lipinski definition) is 1. The van der Waals surface area contributed by atoms with Gasteiger partial charge in [-0.1, -0.05) is 35.5 Å². The first-order valence-electron chi connectivity index (χ1n) is 11.6. The van der Waals surface area contributed by atoms with Crippen LogP contribution in [-0.4, -0.2) is 42.3 Å². The summed E-state index contributed by atoms with van der Waals surface area (Å²) in [6, 6.07) is 17.9. The Morgan fingerprint density at radius 3 is 2.54 bits per heavy atom. The van der Waals surface area contributed by atoms with Crippen LogP contribution < -0.4 is 10.1 Å². The maximum absolute atomic E-state index is 13.0. The molecule has 182 valence electrons. The van der Waals surface area contributed by atoms with E-state index in [1.165, 1.54) is 11.8 Å². The lowest BCUT2D eigenvalue weighted by atomic mass is 10.1. The topological polar surface area (TPSA) is 86.9 Å². The minimum atomic E-state index is -0.415. The number of carbonyl (C=O) groups is 1. The Bertz CT molecular complexity index is 1300. The number of aryl methyl sites for hydroxylation is 1. The molecule has 1 N–H and O–H groups in total. The molecule has 0 aliphatic carbocycles. The Morgan fingerprint density at radius 2 is 1.86 bits per heavy atom. The summed E-state index contributed by atoms with van der Waals surface area (Å²) in [5.41, 5.74) is 2.98. The summed E-state index contributed by atoms with van der Waals surface area (Å²) in [7, 11) is 0. The van der Waals surface area contributed by atoms with Gasteiger partial charge in [0.05, 0.1) is 18.1 Å². The lowest BCUT2D eigenvalue weighted by Gasteiger charge is -2.16. The van der Waals surface area contributed by atoms with Crippen LogP contribution in [0.15, 0.2) is 66.0 Å². The first-order chi connectivity index (χ1) is 16.9. The minimum Gasteiger partial charge on any atom is -0.494 e. The van der Waals surface area contributed by atoms with Crippen LogP contribution in [0, 0.1) is 6.92 Å². The van der Waals surface area contributed by atoms with Crippen molar-refractivity contribution in [3.63, 3.8) is 0 Å². The molecule has 0 spiro atoms. The van der Waals surface area contributed by atoms with Crippen LogP contribution in [0.4, 0.5) is 5.82 Å². The number of amides is 1. The molecule has 0 aliphatic heterocycles. The van der Waals surface area contributed by atoms with Gasteiger partial charge in [-0.05, 0) is 65.0 Å². The third-order valence-corrected chi connectivity index (χ3v) is 6.42. The molecule has 2 heterocycles. The molecule has 0 saturated carbocycles. The summed E-state index contributed by atoms with van der Waals surface area (Å²) < 4.78 is 9.37. The van der Waals surface area contributed by atoms with Gasteiger partial charge < -0.3 is 10.1 Å². The zero-order chi connectivity index (χ0) is 24.9. The number of hydrogen-bond acceptors (Lipinski definition) is 6. The molecule has 35 heavy (non-hydrogen) atoms. The highest BCUT2D eigenvalue weighted by atomic mass is 32.2. The normalized spacial score (nSPS) is 12.1. The SMILES string of the molecule is CCOc1ccc(-n2c(SC(C)C(=O)Nc3ccnn3C(C)C)nnc2-c2cccc(C)c2)cc1. The molecule has 4 aromatic rings. The first kappa shape index (κ1) is 24.5. The fourth-order valence-electron chi connectivity index (χ4n) is 3.67. The fourth-order valence-corrected chi connectivity index (χ4v) is 4.54. The van der Waals surface area contributed by atoms with Crippen molar-refractivity contribution in [2.45, 2.75) is 51.1 Å². The van der Waals surface area contributed by atoms with Gasteiger partial charge in [-0.25, -0.2) is 4.68 Å². The average Bonchev–Trinajstić information content (AvgIpc) is 3.47. The van der Waals surface area contributed by atoms with Crippen LogP contribution in [0.5, 0.6) is 5.75 Å². The highest BCUT2D eigenvalue weighted by molar-refractivity contribution is 8.00. The summed E-state index contributed by atoms with van der Waals surface area (Å²) in [4.78, 5) is 13.0. The number of ether oxygens (including phenoxy) is 1. The quantitative estimate of drug-likeness (QED) is 0.310. The summed E-state index contributed by atoms with van der Waals surface area (Å²) >= 11 is 1.36. The van der Waals surface area contributed by atoms with Gasteiger partial charge in [0.25, 0.3) is 0 Å². The van der Waals surface area contributed by atoms with Crippen LogP contribution >= 0.6 is 11.8 Å². The van der Waals surface area contributed by atoms with Crippen molar-refractivity contribution in [2.75, 3.05) is 11.9 Å². The number of aromatic nitrogens is 5. The van der Waals surface area contributed by atoms with E-state index in [2.05, 4.69) is 26.7 Å². The molecule has 0 fully saturated rings. The smallest absolute Gasteiger partial charge is 0.238 e. The molecule has 0 aliphatic rings. The van der Waals surface area contributed by atoms with E-state index in [4.69, 9.17) is 4.74 Å². The molecule has 0 bridgehead atoms.